The summed E-state index contributed by atoms with van der Waals surface area (Å²) < 4.78 is 0. The van der Waals surface area contributed by atoms with Crippen LogP contribution in [0.25, 0.3) is 0 Å². The Morgan fingerprint density at radius 1 is 1.14 bits per heavy atom. The molecule has 2 N–H and O–H groups in total. The van der Waals surface area contributed by atoms with Crippen LogP contribution in [0, 0.1) is 0 Å². The van der Waals surface area contributed by atoms with Crippen molar-refractivity contribution in [2.75, 3.05) is 0 Å². The molecule has 110 valence electrons. The summed E-state index contributed by atoms with van der Waals surface area (Å²) in [6.45, 7) is 2.23. The zero-order valence-electron chi connectivity index (χ0n) is 12.5. The lowest BCUT2D eigenvalue weighted by atomic mass is 9.87. The maximum Gasteiger partial charge on any atom is 0.115 e. The molecule has 0 saturated carbocycles. The predicted molar refractivity (Wildman–Crippen MR) is 86.5 cm³/mol. The molecule has 21 heavy (non-hydrogen) atoms. The summed E-state index contributed by atoms with van der Waals surface area (Å²) in [5, 5.41) is 13.5. The number of hydrogen-bond donors (Lipinski definition) is 2. The first-order valence-electron chi connectivity index (χ1n) is 7.88. The molecule has 2 unspecified atom stereocenters. The van der Waals surface area contributed by atoms with Crippen LogP contribution in [0.1, 0.15) is 42.5 Å². The van der Waals surface area contributed by atoms with Crippen molar-refractivity contribution in [2.24, 2.45) is 0 Å². The second-order valence-electron chi connectivity index (χ2n) is 5.93. The van der Waals surface area contributed by atoms with E-state index in [4.69, 9.17) is 0 Å². The highest BCUT2D eigenvalue weighted by Gasteiger charge is 2.21. The lowest BCUT2D eigenvalue weighted by Gasteiger charge is -2.30. The lowest BCUT2D eigenvalue weighted by molar-refractivity contribution is 0.390. The molecular formula is C19H23NO. The van der Waals surface area contributed by atoms with E-state index in [0.29, 0.717) is 17.8 Å². The molecule has 0 heterocycles. The molecule has 2 heteroatoms. The van der Waals surface area contributed by atoms with Gasteiger partial charge in [0.2, 0.25) is 0 Å². The Bertz CT molecular complexity index is 594. The Kier molecular flexibility index (Phi) is 4.26. The molecule has 0 amide bonds. The van der Waals surface area contributed by atoms with Crippen LogP contribution >= 0.6 is 0 Å². The summed E-state index contributed by atoms with van der Waals surface area (Å²) in [6.07, 6.45) is 4.36. The molecule has 1 aliphatic rings. The highest BCUT2D eigenvalue weighted by molar-refractivity contribution is 5.37. The number of phenolic OH excluding ortho intramolecular Hbond substituents is 1. The van der Waals surface area contributed by atoms with Gasteiger partial charge in [-0.05, 0) is 54.5 Å². The fourth-order valence-electron chi connectivity index (χ4n) is 3.31. The van der Waals surface area contributed by atoms with Crippen molar-refractivity contribution in [1.29, 1.82) is 0 Å². The Labute approximate surface area is 126 Å². The van der Waals surface area contributed by atoms with Gasteiger partial charge >= 0.3 is 0 Å². The van der Waals surface area contributed by atoms with Crippen LogP contribution in [0.3, 0.4) is 0 Å². The van der Waals surface area contributed by atoms with Gasteiger partial charge in [-0.15, -0.1) is 0 Å². The first kappa shape index (κ1) is 14.2. The average molecular weight is 281 g/mol. The van der Waals surface area contributed by atoms with Crippen molar-refractivity contribution in [3.05, 3.63) is 65.2 Å². The fourth-order valence-corrected chi connectivity index (χ4v) is 3.31. The summed E-state index contributed by atoms with van der Waals surface area (Å²) in [5.41, 5.74) is 4.04. The van der Waals surface area contributed by atoms with Crippen molar-refractivity contribution in [3.63, 3.8) is 0 Å². The summed E-state index contributed by atoms with van der Waals surface area (Å²) in [7, 11) is 0. The molecular weight excluding hydrogens is 258 g/mol. The highest BCUT2D eigenvalue weighted by atomic mass is 16.3. The Morgan fingerprint density at radius 2 is 1.95 bits per heavy atom. The molecule has 2 atom stereocenters. The monoisotopic (exact) mass is 281 g/mol. The smallest absolute Gasteiger partial charge is 0.115 e. The van der Waals surface area contributed by atoms with Crippen LogP contribution in [0.4, 0.5) is 0 Å². The largest absolute Gasteiger partial charge is 0.508 e. The maximum atomic E-state index is 9.66. The van der Waals surface area contributed by atoms with Gasteiger partial charge in [-0.1, -0.05) is 43.3 Å². The van der Waals surface area contributed by atoms with E-state index in [1.807, 2.05) is 6.07 Å². The SMILES string of the molecule is CCC(NC1CCc2ccc(O)cc2C1)c1ccccc1. The first-order valence-corrected chi connectivity index (χ1v) is 7.88. The van der Waals surface area contributed by atoms with Gasteiger partial charge in [-0.25, -0.2) is 0 Å². The summed E-state index contributed by atoms with van der Waals surface area (Å²) >= 11 is 0. The van der Waals surface area contributed by atoms with Gasteiger partial charge in [-0.3, -0.25) is 0 Å². The molecule has 2 aromatic rings. The van der Waals surface area contributed by atoms with Crippen LogP contribution in [-0.2, 0) is 12.8 Å². The molecule has 2 nitrogen and oxygen atoms in total. The number of hydrogen-bond acceptors (Lipinski definition) is 2. The van der Waals surface area contributed by atoms with Gasteiger partial charge in [0.1, 0.15) is 5.75 Å². The molecule has 0 spiro atoms. The molecule has 0 aliphatic heterocycles. The second-order valence-corrected chi connectivity index (χ2v) is 5.93. The van der Waals surface area contributed by atoms with Gasteiger partial charge < -0.3 is 10.4 Å². The van der Waals surface area contributed by atoms with Crippen LogP contribution in [0.15, 0.2) is 48.5 Å². The van der Waals surface area contributed by atoms with Crippen LogP contribution in [0.5, 0.6) is 5.75 Å². The molecule has 0 aromatic heterocycles. The minimum absolute atomic E-state index is 0.379. The molecule has 0 saturated heterocycles. The number of rotatable bonds is 4. The minimum Gasteiger partial charge on any atom is -0.508 e. The van der Waals surface area contributed by atoms with Gasteiger partial charge in [0.25, 0.3) is 0 Å². The molecule has 0 fully saturated rings. The lowest BCUT2D eigenvalue weighted by Crippen LogP contribution is -2.37. The number of phenols is 1. The number of aromatic hydroxyl groups is 1. The van der Waals surface area contributed by atoms with Gasteiger partial charge in [0.15, 0.2) is 0 Å². The molecule has 1 aliphatic carbocycles. The minimum atomic E-state index is 0.379. The van der Waals surface area contributed by atoms with E-state index in [2.05, 4.69) is 48.6 Å². The quantitative estimate of drug-likeness (QED) is 0.888. The van der Waals surface area contributed by atoms with Gasteiger partial charge in [0, 0.05) is 12.1 Å². The molecule has 3 rings (SSSR count). The van der Waals surface area contributed by atoms with E-state index in [1.54, 1.807) is 6.07 Å². The van der Waals surface area contributed by atoms with E-state index in [1.165, 1.54) is 23.1 Å². The van der Waals surface area contributed by atoms with Gasteiger partial charge in [-0.2, -0.15) is 0 Å². The molecule has 0 bridgehead atoms. The third-order valence-corrected chi connectivity index (χ3v) is 4.47. The van der Waals surface area contributed by atoms with Crippen LogP contribution < -0.4 is 5.32 Å². The Hall–Kier alpha value is -1.80. The number of aryl methyl sites for hydroxylation is 1. The van der Waals surface area contributed by atoms with Crippen LogP contribution in [-0.4, -0.2) is 11.1 Å². The number of nitrogens with one attached hydrogen (secondary N) is 1. The fraction of sp³-hybridized carbons (Fsp3) is 0.368. The Morgan fingerprint density at radius 3 is 2.71 bits per heavy atom. The molecule has 2 aromatic carbocycles. The summed E-state index contributed by atoms with van der Waals surface area (Å²) in [6, 6.07) is 17.4. The summed E-state index contributed by atoms with van der Waals surface area (Å²) in [5.74, 6) is 0.379. The van der Waals surface area contributed by atoms with Crippen LogP contribution in [0.2, 0.25) is 0 Å². The highest BCUT2D eigenvalue weighted by Crippen LogP contribution is 2.27. The standard InChI is InChI=1S/C19H23NO/c1-2-19(15-6-4-3-5-7-15)20-17-10-8-14-9-11-18(21)13-16(14)12-17/h3-7,9,11,13,17,19-21H,2,8,10,12H2,1H3. The van der Waals surface area contributed by atoms with E-state index in [0.717, 1.165) is 19.3 Å². The topological polar surface area (TPSA) is 32.3 Å². The van der Waals surface area contributed by atoms with E-state index >= 15 is 0 Å². The normalized spacial score (nSPS) is 19.0. The third-order valence-electron chi connectivity index (χ3n) is 4.47. The van der Waals surface area contributed by atoms with E-state index < -0.39 is 0 Å². The Balaban J connectivity index is 1.71. The molecule has 0 radical (unpaired) electrons. The predicted octanol–water partition coefficient (Wildman–Crippen LogP) is 3.99. The number of benzene rings is 2. The average Bonchev–Trinajstić information content (AvgIpc) is 2.53. The first-order chi connectivity index (χ1) is 10.3. The maximum absolute atomic E-state index is 9.66. The van der Waals surface area contributed by atoms with Crippen molar-refractivity contribution >= 4 is 0 Å². The van der Waals surface area contributed by atoms with Gasteiger partial charge in [0.05, 0.1) is 0 Å². The van der Waals surface area contributed by atoms with Crippen molar-refractivity contribution in [2.45, 2.75) is 44.7 Å². The van der Waals surface area contributed by atoms with Crippen molar-refractivity contribution in [1.82, 2.24) is 5.32 Å². The van der Waals surface area contributed by atoms with E-state index in [-0.39, 0.29) is 0 Å². The second kappa shape index (κ2) is 6.31. The summed E-state index contributed by atoms with van der Waals surface area (Å²) in [4.78, 5) is 0. The zero-order valence-corrected chi connectivity index (χ0v) is 12.5. The van der Waals surface area contributed by atoms with Crippen molar-refractivity contribution in [3.8, 4) is 5.75 Å². The third kappa shape index (κ3) is 3.27. The van der Waals surface area contributed by atoms with Crippen molar-refractivity contribution < 1.29 is 5.11 Å². The van der Waals surface area contributed by atoms with E-state index in [9.17, 15) is 5.11 Å². The zero-order chi connectivity index (χ0) is 14.7. The number of fused-ring (bicyclic) bond motifs is 1.